The molecular formula is C30H35F2N7O3S. The zero-order chi connectivity index (χ0) is 30.3. The average molecular weight is 612 g/mol. The zero-order valence-corrected chi connectivity index (χ0v) is 25.3. The number of thiophene rings is 1. The highest BCUT2D eigenvalue weighted by Gasteiger charge is 2.51. The van der Waals surface area contributed by atoms with Gasteiger partial charge in [0.1, 0.15) is 34.0 Å². The molecule has 2 fully saturated rings. The summed E-state index contributed by atoms with van der Waals surface area (Å²) in [5, 5.41) is 6.92. The Balaban J connectivity index is 1.19. The van der Waals surface area contributed by atoms with Gasteiger partial charge in [-0.3, -0.25) is 19.0 Å². The predicted octanol–water partition coefficient (Wildman–Crippen LogP) is 3.78. The fourth-order valence-electron chi connectivity index (χ4n) is 7.39. The molecule has 0 bridgehead atoms. The average Bonchev–Trinajstić information content (AvgIpc) is 3.68. The Hall–Kier alpha value is -3.45. The van der Waals surface area contributed by atoms with Gasteiger partial charge in [-0.15, -0.1) is 11.3 Å². The summed E-state index contributed by atoms with van der Waals surface area (Å²) in [6.45, 7) is 3.30. The van der Waals surface area contributed by atoms with Crippen LogP contribution in [0.4, 0.5) is 20.3 Å². The number of carbonyl (C=O) groups is 2. The van der Waals surface area contributed by atoms with Gasteiger partial charge in [0.05, 0.1) is 5.39 Å². The number of anilines is 2. The number of pyridine rings is 1. The highest BCUT2D eigenvalue weighted by Crippen LogP contribution is 2.44. The van der Waals surface area contributed by atoms with Crippen LogP contribution in [0.2, 0.25) is 0 Å². The van der Waals surface area contributed by atoms with Gasteiger partial charge in [-0.05, 0) is 76.7 Å². The summed E-state index contributed by atoms with van der Waals surface area (Å²) in [4.78, 5) is 55.3. The number of amides is 2. The molecule has 2 aliphatic carbocycles. The largest absolute Gasteiger partial charge is 0.341 e. The molecule has 1 spiro atoms. The molecule has 2 amide bonds. The molecular weight excluding hydrogens is 576 g/mol. The summed E-state index contributed by atoms with van der Waals surface area (Å²) in [5.74, 6) is -2.60. The Morgan fingerprint density at radius 3 is 2.65 bits per heavy atom. The Bertz CT molecular complexity index is 1710. The maximum Gasteiger partial charge on any atom is 0.276 e. The first kappa shape index (κ1) is 28.3. The smallest absolute Gasteiger partial charge is 0.276 e. The van der Waals surface area contributed by atoms with Crippen LogP contribution in [0.3, 0.4) is 0 Å². The van der Waals surface area contributed by atoms with Gasteiger partial charge in [0, 0.05) is 42.8 Å². The minimum absolute atomic E-state index is 0.0234. The number of rotatable bonds is 4. The van der Waals surface area contributed by atoms with E-state index in [0.717, 1.165) is 46.6 Å². The van der Waals surface area contributed by atoms with Gasteiger partial charge in [-0.25, -0.2) is 18.7 Å². The van der Waals surface area contributed by atoms with Crippen molar-refractivity contribution in [2.45, 2.75) is 75.9 Å². The summed E-state index contributed by atoms with van der Waals surface area (Å²) in [5.41, 5.74) is 0.494. The van der Waals surface area contributed by atoms with E-state index in [2.05, 4.69) is 39.6 Å². The minimum Gasteiger partial charge on any atom is -0.341 e. The fraction of sp³-hybridized carbons (Fsp3) is 0.567. The van der Waals surface area contributed by atoms with Crippen molar-refractivity contribution in [1.29, 1.82) is 0 Å². The fourth-order valence-corrected chi connectivity index (χ4v) is 8.66. The van der Waals surface area contributed by atoms with Gasteiger partial charge >= 0.3 is 0 Å². The maximum atomic E-state index is 14.1. The standard InChI is InChI=1S/C30H35F2N7O3S/c1-16-12-20(28(42)39-23(16)25(40)36-30(39)9-7-29(31,32)8-10-30)35-24-22-19-5-4-17(13-21(19)43-26(22)34-15-33-24)27(41)38-11-6-18(14-38)37(2)3/h12,15,17-18H,4-11,13-14H2,1-3H3,(H,36,40)(H,33,34,35)/t17-,18-/m0/s1. The van der Waals surface area contributed by atoms with Crippen LogP contribution < -0.4 is 16.2 Å². The lowest BCUT2D eigenvalue weighted by molar-refractivity contribution is -0.134. The zero-order valence-electron chi connectivity index (χ0n) is 24.5. The highest BCUT2D eigenvalue weighted by atomic mass is 32.1. The molecule has 3 aromatic rings. The van der Waals surface area contributed by atoms with Crippen LogP contribution in [0.15, 0.2) is 17.2 Å². The lowest BCUT2D eigenvalue weighted by Crippen LogP contribution is -2.51. The molecule has 228 valence electrons. The summed E-state index contributed by atoms with van der Waals surface area (Å²) < 4.78 is 29.5. The highest BCUT2D eigenvalue weighted by molar-refractivity contribution is 7.19. The number of nitrogens with zero attached hydrogens (tertiary/aromatic N) is 5. The third-order valence-corrected chi connectivity index (χ3v) is 11.0. The van der Waals surface area contributed by atoms with E-state index in [1.807, 2.05) is 4.90 Å². The number of nitrogens with one attached hydrogen (secondary N) is 2. The summed E-state index contributed by atoms with van der Waals surface area (Å²) >= 11 is 1.56. The van der Waals surface area contributed by atoms with Crippen LogP contribution in [0.1, 0.15) is 65.0 Å². The maximum absolute atomic E-state index is 14.1. The number of likely N-dealkylation sites (tertiary alicyclic amines) is 1. The number of fused-ring (bicyclic) bond motifs is 5. The van der Waals surface area contributed by atoms with E-state index in [1.165, 1.54) is 10.9 Å². The summed E-state index contributed by atoms with van der Waals surface area (Å²) in [7, 11) is 4.11. The first-order chi connectivity index (χ1) is 20.5. The van der Waals surface area contributed by atoms with E-state index < -0.39 is 35.9 Å². The lowest BCUT2D eigenvalue weighted by Gasteiger charge is -2.38. The van der Waals surface area contributed by atoms with Crippen LogP contribution in [0, 0.1) is 12.8 Å². The van der Waals surface area contributed by atoms with Crippen LogP contribution in [-0.4, -0.2) is 75.3 Å². The SMILES string of the molecule is Cc1cc(Nc2ncnc3sc4c(c23)CC[C@H](C(=O)N2CC[C@H](N(C)C)C2)C4)c(=O)n2c1C(=O)NC21CCC(F)(F)CC1. The number of likely N-dealkylation sites (N-methyl/N-ethyl adjacent to an activating group) is 1. The molecule has 10 nitrogen and oxygen atoms in total. The van der Waals surface area contributed by atoms with Crippen molar-refractivity contribution in [3.05, 3.63) is 44.4 Å². The van der Waals surface area contributed by atoms with Crippen molar-refractivity contribution < 1.29 is 18.4 Å². The Kier molecular flexibility index (Phi) is 6.62. The molecule has 2 aliphatic heterocycles. The van der Waals surface area contributed by atoms with E-state index in [9.17, 15) is 23.2 Å². The molecule has 0 aromatic carbocycles. The number of hydrogen-bond donors (Lipinski definition) is 2. The van der Waals surface area contributed by atoms with Crippen molar-refractivity contribution >= 4 is 44.9 Å². The molecule has 7 rings (SSSR count). The minimum atomic E-state index is -2.81. The summed E-state index contributed by atoms with van der Waals surface area (Å²) in [6.07, 6.45) is 3.68. The van der Waals surface area contributed by atoms with Crippen LogP contribution in [-0.2, 0) is 23.3 Å². The van der Waals surface area contributed by atoms with Gasteiger partial charge in [0.25, 0.3) is 11.5 Å². The Morgan fingerprint density at radius 1 is 1.16 bits per heavy atom. The van der Waals surface area contributed by atoms with Gasteiger partial charge in [-0.1, -0.05) is 0 Å². The molecule has 0 radical (unpaired) electrons. The molecule has 4 aliphatic rings. The van der Waals surface area contributed by atoms with Crippen molar-refractivity contribution in [3.63, 3.8) is 0 Å². The van der Waals surface area contributed by atoms with Gasteiger partial charge in [-0.2, -0.15) is 0 Å². The first-order valence-electron chi connectivity index (χ1n) is 14.9. The number of aromatic nitrogens is 3. The van der Waals surface area contributed by atoms with E-state index in [0.29, 0.717) is 30.3 Å². The number of aryl methyl sites for hydroxylation is 2. The number of hydrogen-bond acceptors (Lipinski definition) is 8. The molecule has 5 heterocycles. The molecule has 43 heavy (non-hydrogen) atoms. The molecule has 1 saturated carbocycles. The normalized spacial score (nSPS) is 24.0. The number of alkyl halides is 2. The second kappa shape index (κ2) is 10.0. The van der Waals surface area contributed by atoms with Crippen molar-refractivity contribution in [2.24, 2.45) is 5.92 Å². The second-order valence-corrected chi connectivity index (χ2v) is 13.8. The predicted molar refractivity (Wildman–Crippen MR) is 159 cm³/mol. The van der Waals surface area contributed by atoms with E-state index >= 15 is 0 Å². The molecule has 0 unspecified atom stereocenters. The number of carbonyl (C=O) groups excluding carboxylic acids is 2. The molecule has 2 N–H and O–H groups in total. The van der Waals surface area contributed by atoms with E-state index in [-0.39, 0.29) is 36.0 Å². The van der Waals surface area contributed by atoms with Crippen LogP contribution >= 0.6 is 11.3 Å². The van der Waals surface area contributed by atoms with E-state index in [1.54, 1.807) is 24.3 Å². The van der Waals surface area contributed by atoms with Crippen molar-refractivity contribution in [3.8, 4) is 0 Å². The third kappa shape index (κ3) is 4.62. The van der Waals surface area contributed by atoms with Crippen LogP contribution in [0.5, 0.6) is 0 Å². The van der Waals surface area contributed by atoms with Gasteiger partial charge in [0.2, 0.25) is 11.8 Å². The van der Waals surface area contributed by atoms with Gasteiger partial charge in [0.15, 0.2) is 0 Å². The van der Waals surface area contributed by atoms with Crippen LogP contribution in [0.25, 0.3) is 10.2 Å². The first-order valence-corrected chi connectivity index (χ1v) is 15.7. The molecule has 3 aromatic heterocycles. The van der Waals surface area contributed by atoms with Crippen molar-refractivity contribution in [2.75, 3.05) is 32.5 Å². The molecule has 1 saturated heterocycles. The summed E-state index contributed by atoms with van der Waals surface area (Å²) in [6, 6.07) is 2.02. The Labute approximate surface area is 251 Å². The number of halogens is 2. The third-order valence-electron chi connectivity index (χ3n) is 9.84. The topological polar surface area (TPSA) is 112 Å². The molecule has 13 heteroatoms. The van der Waals surface area contributed by atoms with Gasteiger partial charge < -0.3 is 20.4 Å². The Morgan fingerprint density at radius 2 is 1.93 bits per heavy atom. The lowest BCUT2D eigenvalue weighted by atomic mass is 9.86. The monoisotopic (exact) mass is 611 g/mol. The van der Waals surface area contributed by atoms with Crippen molar-refractivity contribution in [1.82, 2.24) is 29.7 Å². The molecule has 2 atom stereocenters. The van der Waals surface area contributed by atoms with E-state index in [4.69, 9.17) is 0 Å². The second-order valence-electron chi connectivity index (χ2n) is 12.7. The quantitative estimate of drug-likeness (QED) is 0.462.